The van der Waals surface area contributed by atoms with E-state index in [9.17, 15) is 4.39 Å². The van der Waals surface area contributed by atoms with Gasteiger partial charge in [-0.05, 0) is 24.7 Å². The summed E-state index contributed by atoms with van der Waals surface area (Å²) in [6.45, 7) is 6.04. The van der Waals surface area contributed by atoms with Crippen molar-refractivity contribution < 1.29 is 4.39 Å². The molecule has 0 saturated heterocycles. The Morgan fingerprint density at radius 1 is 1.44 bits per heavy atom. The molecule has 1 aliphatic rings. The van der Waals surface area contributed by atoms with Crippen molar-refractivity contribution in [3.8, 4) is 0 Å². The molecule has 0 aromatic rings. The molecule has 0 N–H and O–H groups in total. The van der Waals surface area contributed by atoms with E-state index in [2.05, 4.69) is 6.92 Å². The van der Waals surface area contributed by atoms with E-state index in [0.717, 1.165) is 12.8 Å². The van der Waals surface area contributed by atoms with Crippen LogP contribution in [0.2, 0.25) is 0 Å². The number of hydrogen-bond acceptors (Lipinski definition) is 0. The van der Waals surface area contributed by atoms with Crippen molar-refractivity contribution >= 4 is 0 Å². The van der Waals surface area contributed by atoms with Crippen LogP contribution >= 0.6 is 0 Å². The number of hydrogen-bond donors (Lipinski definition) is 0. The maximum Gasteiger partial charge on any atom is 0.113 e. The van der Waals surface area contributed by atoms with E-state index in [1.165, 1.54) is 0 Å². The standard InChI is InChI=1S/C8H15F/c1-6(2)8(9)4-7(3)5-8/h6-7H,4-5H2,1-3H3. The molecule has 0 heterocycles. The minimum Gasteiger partial charge on any atom is -0.244 e. The summed E-state index contributed by atoms with van der Waals surface area (Å²) in [4.78, 5) is 0. The minimum absolute atomic E-state index is 0.216. The fraction of sp³-hybridized carbons (Fsp3) is 1.00. The maximum absolute atomic E-state index is 13.3. The van der Waals surface area contributed by atoms with Gasteiger partial charge in [0.2, 0.25) is 0 Å². The van der Waals surface area contributed by atoms with Gasteiger partial charge in [0.15, 0.2) is 0 Å². The molecule has 0 amide bonds. The third-order valence-electron chi connectivity index (χ3n) is 2.41. The molecule has 1 heteroatoms. The third-order valence-corrected chi connectivity index (χ3v) is 2.41. The van der Waals surface area contributed by atoms with Crippen molar-refractivity contribution in [1.82, 2.24) is 0 Å². The summed E-state index contributed by atoms with van der Waals surface area (Å²) in [7, 11) is 0. The summed E-state index contributed by atoms with van der Waals surface area (Å²) in [5, 5.41) is 0. The Kier molecular flexibility index (Phi) is 1.54. The summed E-state index contributed by atoms with van der Waals surface area (Å²) in [6, 6.07) is 0. The lowest BCUT2D eigenvalue weighted by Crippen LogP contribution is -2.42. The molecule has 0 aromatic heterocycles. The molecule has 0 unspecified atom stereocenters. The van der Waals surface area contributed by atoms with Gasteiger partial charge in [0.25, 0.3) is 0 Å². The second-order valence-electron chi connectivity index (χ2n) is 3.70. The van der Waals surface area contributed by atoms with E-state index in [1.54, 1.807) is 0 Å². The zero-order valence-electron chi connectivity index (χ0n) is 6.45. The van der Waals surface area contributed by atoms with Gasteiger partial charge in [-0.1, -0.05) is 20.8 Å². The Morgan fingerprint density at radius 2 is 1.89 bits per heavy atom. The van der Waals surface area contributed by atoms with E-state index < -0.39 is 5.67 Å². The van der Waals surface area contributed by atoms with Crippen molar-refractivity contribution in [2.45, 2.75) is 39.3 Å². The number of halogens is 1. The molecule has 1 rings (SSSR count). The summed E-state index contributed by atoms with van der Waals surface area (Å²) in [6.07, 6.45) is 1.56. The first-order valence-corrected chi connectivity index (χ1v) is 3.73. The van der Waals surface area contributed by atoms with Gasteiger partial charge in [-0.2, -0.15) is 0 Å². The van der Waals surface area contributed by atoms with Crippen LogP contribution in [0.1, 0.15) is 33.6 Å². The smallest absolute Gasteiger partial charge is 0.113 e. The molecule has 1 fully saturated rings. The lowest BCUT2D eigenvalue weighted by atomic mass is 9.68. The molecule has 0 radical (unpaired) electrons. The first kappa shape index (κ1) is 7.04. The van der Waals surface area contributed by atoms with E-state index >= 15 is 0 Å². The molecule has 0 atom stereocenters. The summed E-state index contributed by atoms with van der Waals surface area (Å²) in [5.41, 5.74) is -0.806. The highest BCUT2D eigenvalue weighted by Crippen LogP contribution is 2.45. The average molecular weight is 130 g/mol. The molecular weight excluding hydrogens is 115 g/mol. The third kappa shape index (κ3) is 1.10. The van der Waals surface area contributed by atoms with Crippen molar-refractivity contribution in [1.29, 1.82) is 0 Å². The Hall–Kier alpha value is -0.0700. The molecule has 0 aliphatic heterocycles. The number of alkyl halides is 1. The molecule has 0 bridgehead atoms. The first-order chi connectivity index (χ1) is 4.04. The fourth-order valence-electron chi connectivity index (χ4n) is 1.57. The summed E-state index contributed by atoms with van der Waals surface area (Å²) >= 11 is 0. The topological polar surface area (TPSA) is 0 Å². The van der Waals surface area contributed by atoms with E-state index in [1.807, 2.05) is 13.8 Å². The molecule has 9 heavy (non-hydrogen) atoms. The predicted molar refractivity (Wildman–Crippen MR) is 37.1 cm³/mol. The summed E-state index contributed by atoms with van der Waals surface area (Å²) in [5.74, 6) is 0.839. The first-order valence-electron chi connectivity index (χ1n) is 3.73. The van der Waals surface area contributed by atoms with Gasteiger partial charge >= 0.3 is 0 Å². The highest BCUT2D eigenvalue weighted by molar-refractivity contribution is 4.94. The van der Waals surface area contributed by atoms with Gasteiger partial charge in [-0.15, -0.1) is 0 Å². The Bertz CT molecular complexity index is 101. The normalized spacial score (nSPS) is 43.0. The van der Waals surface area contributed by atoms with Crippen LogP contribution in [-0.4, -0.2) is 5.67 Å². The monoisotopic (exact) mass is 130 g/mol. The Labute approximate surface area is 56.5 Å². The van der Waals surface area contributed by atoms with Gasteiger partial charge in [0, 0.05) is 0 Å². The van der Waals surface area contributed by atoms with Gasteiger partial charge < -0.3 is 0 Å². The van der Waals surface area contributed by atoms with E-state index in [-0.39, 0.29) is 5.92 Å². The Balaban J connectivity index is 2.40. The van der Waals surface area contributed by atoms with Gasteiger partial charge in [0.05, 0.1) is 0 Å². The Morgan fingerprint density at radius 3 is 2.00 bits per heavy atom. The average Bonchev–Trinajstić information content (AvgIpc) is 1.62. The predicted octanol–water partition coefficient (Wildman–Crippen LogP) is 2.78. The van der Waals surface area contributed by atoms with Crippen molar-refractivity contribution in [2.24, 2.45) is 11.8 Å². The minimum atomic E-state index is -0.806. The second-order valence-corrected chi connectivity index (χ2v) is 3.70. The molecular formula is C8H15F. The highest BCUT2D eigenvalue weighted by Gasteiger charge is 2.44. The zero-order valence-corrected chi connectivity index (χ0v) is 6.45. The quantitative estimate of drug-likeness (QED) is 0.512. The van der Waals surface area contributed by atoms with Crippen LogP contribution in [0.5, 0.6) is 0 Å². The van der Waals surface area contributed by atoms with Crippen LogP contribution in [0, 0.1) is 11.8 Å². The van der Waals surface area contributed by atoms with Crippen LogP contribution in [0.25, 0.3) is 0 Å². The largest absolute Gasteiger partial charge is 0.244 e. The van der Waals surface area contributed by atoms with Crippen molar-refractivity contribution in [3.05, 3.63) is 0 Å². The molecule has 1 saturated carbocycles. The van der Waals surface area contributed by atoms with Crippen LogP contribution in [0.3, 0.4) is 0 Å². The SMILES string of the molecule is CC1CC(F)(C(C)C)C1. The lowest BCUT2D eigenvalue weighted by molar-refractivity contribution is -0.0263. The van der Waals surface area contributed by atoms with Gasteiger partial charge in [-0.3, -0.25) is 0 Å². The lowest BCUT2D eigenvalue weighted by Gasteiger charge is -2.42. The van der Waals surface area contributed by atoms with Crippen molar-refractivity contribution in [2.75, 3.05) is 0 Å². The second kappa shape index (κ2) is 1.96. The maximum atomic E-state index is 13.3. The van der Waals surface area contributed by atoms with Gasteiger partial charge in [-0.25, -0.2) is 4.39 Å². The fourth-order valence-corrected chi connectivity index (χ4v) is 1.57. The highest BCUT2D eigenvalue weighted by atomic mass is 19.1. The zero-order chi connectivity index (χ0) is 7.07. The van der Waals surface area contributed by atoms with E-state index in [4.69, 9.17) is 0 Å². The van der Waals surface area contributed by atoms with Crippen LogP contribution in [0.4, 0.5) is 4.39 Å². The van der Waals surface area contributed by atoms with Gasteiger partial charge in [0.1, 0.15) is 5.67 Å². The summed E-state index contributed by atoms with van der Waals surface area (Å²) < 4.78 is 13.3. The van der Waals surface area contributed by atoms with E-state index in [0.29, 0.717) is 5.92 Å². The molecule has 54 valence electrons. The van der Waals surface area contributed by atoms with Crippen LogP contribution < -0.4 is 0 Å². The number of rotatable bonds is 1. The van der Waals surface area contributed by atoms with Crippen molar-refractivity contribution in [3.63, 3.8) is 0 Å². The van der Waals surface area contributed by atoms with Crippen LogP contribution in [-0.2, 0) is 0 Å². The van der Waals surface area contributed by atoms with Crippen LogP contribution in [0.15, 0.2) is 0 Å². The molecule has 0 aromatic carbocycles. The molecule has 0 nitrogen and oxygen atoms in total. The molecule has 0 spiro atoms. The molecule has 1 aliphatic carbocycles.